The molecule has 4 N–H and O–H groups in total. The van der Waals surface area contributed by atoms with Crippen molar-refractivity contribution in [1.82, 2.24) is 24.8 Å². The van der Waals surface area contributed by atoms with Gasteiger partial charge in [-0.2, -0.15) is 0 Å². The van der Waals surface area contributed by atoms with Crippen molar-refractivity contribution in [3.63, 3.8) is 0 Å². The second kappa shape index (κ2) is 6.64. The van der Waals surface area contributed by atoms with Gasteiger partial charge in [-0.05, 0) is 34.6 Å². The van der Waals surface area contributed by atoms with E-state index in [9.17, 15) is 0 Å². The van der Waals surface area contributed by atoms with Gasteiger partial charge in [-0.3, -0.25) is 4.57 Å². The molecule has 0 aliphatic carbocycles. The summed E-state index contributed by atoms with van der Waals surface area (Å²) in [5, 5.41) is 7.57. The highest BCUT2D eigenvalue weighted by molar-refractivity contribution is 5.84. The number of aromatic nitrogens is 5. The first-order valence-corrected chi connectivity index (χ1v) is 8.75. The van der Waals surface area contributed by atoms with Crippen LogP contribution < -0.4 is 16.2 Å². The molecule has 5 aromatic rings. The van der Waals surface area contributed by atoms with Gasteiger partial charge in [-0.25, -0.2) is 14.6 Å². The standard InChI is InChI=1S/C20H15N7O2/c21-12-5-4-8-14(9-12)28-17-10-16-15(11-23-17)24-20(18-19(22)26-29-25-18)27(16)13-6-2-1-3-7-13/h1-11H,21H2,(H2,22,26). The predicted molar refractivity (Wildman–Crippen MR) is 107 cm³/mol. The lowest BCUT2D eigenvalue weighted by molar-refractivity contribution is 0.310. The van der Waals surface area contributed by atoms with E-state index in [1.807, 2.05) is 47.0 Å². The molecule has 0 atom stereocenters. The number of para-hydroxylation sites is 1. The lowest BCUT2D eigenvalue weighted by Gasteiger charge is -2.09. The molecule has 0 fully saturated rings. The molecular formula is C20H15N7O2. The topological polar surface area (TPSA) is 131 Å². The van der Waals surface area contributed by atoms with E-state index in [0.717, 1.165) is 11.2 Å². The minimum Gasteiger partial charge on any atom is -0.439 e. The van der Waals surface area contributed by atoms with Gasteiger partial charge in [0.15, 0.2) is 17.3 Å². The second-order valence-corrected chi connectivity index (χ2v) is 6.29. The Kier molecular flexibility index (Phi) is 3.84. The van der Waals surface area contributed by atoms with E-state index in [4.69, 9.17) is 20.8 Å². The van der Waals surface area contributed by atoms with E-state index in [0.29, 0.717) is 34.4 Å². The van der Waals surface area contributed by atoms with Gasteiger partial charge in [0.25, 0.3) is 0 Å². The summed E-state index contributed by atoms with van der Waals surface area (Å²) < 4.78 is 12.6. The zero-order chi connectivity index (χ0) is 19.8. The van der Waals surface area contributed by atoms with Crippen LogP contribution in [0.4, 0.5) is 11.5 Å². The van der Waals surface area contributed by atoms with Crippen LogP contribution in [0.5, 0.6) is 11.6 Å². The van der Waals surface area contributed by atoms with Crippen LogP contribution in [-0.4, -0.2) is 24.8 Å². The first-order valence-electron chi connectivity index (χ1n) is 8.75. The van der Waals surface area contributed by atoms with Gasteiger partial charge in [0.05, 0.1) is 11.7 Å². The molecule has 0 aliphatic rings. The number of hydrogen-bond donors (Lipinski definition) is 2. The van der Waals surface area contributed by atoms with Crippen molar-refractivity contribution >= 4 is 22.5 Å². The maximum atomic E-state index is 5.91. The van der Waals surface area contributed by atoms with Gasteiger partial charge in [0.2, 0.25) is 5.88 Å². The lowest BCUT2D eigenvalue weighted by Crippen LogP contribution is -2.00. The van der Waals surface area contributed by atoms with E-state index in [1.165, 1.54) is 0 Å². The summed E-state index contributed by atoms with van der Waals surface area (Å²) in [6.07, 6.45) is 1.63. The van der Waals surface area contributed by atoms with Crippen LogP contribution in [0.3, 0.4) is 0 Å². The van der Waals surface area contributed by atoms with Crippen LogP contribution in [0.1, 0.15) is 0 Å². The summed E-state index contributed by atoms with van der Waals surface area (Å²) in [6, 6.07) is 18.6. The SMILES string of the molecule is Nc1cccc(Oc2cc3c(cn2)nc(-c2nonc2N)n3-c2ccccc2)c1. The van der Waals surface area contributed by atoms with Crippen LogP contribution in [0.15, 0.2) is 71.5 Å². The highest BCUT2D eigenvalue weighted by Crippen LogP contribution is 2.32. The maximum absolute atomic E-state index is 5.91. The molecule has 0 radical (unpaired) electrons. The van der Waals surface area contributed by atoms with Crippen LogP contribution in [0.25, 0.3) is 28.2 Å². The molecule has 0 amide bonds. The summed E-state index contributed by atoms with van der Waals surface area (Å²) in [6.45, 7) is 0. The molecule has 0 saturated carbocycles. The molecule has 9 heteroatoms. The van der Waals surface area contributed by atoms with Crippen molar-refractivity contribution in [2.24, 2.45) is 0 Å². The van der Waals surface area contributed by atoms with Crippen LogP contribution >= 0.6 is 0 Å². The minimum atomic E-state index is 0.154. The second-order valence-electron chi connectivity index (χ2n) is 6.29. The lowest BCUT2D eigenvalue weighted by atomic mass is 10.3. The summed E-state index contributed by atoms with van der Waals surface area (Å²) in [7, 11) is 0. The fraction of sp³-hybridized carbons (Fsp3) is 0. The van der Waals surface area contributed by atoms with Crippen molar-refractivity contribution in [2.45, 2.75) is 0 Å². The fourth-order valence-corrected chi connectivity index (χ4v) is 3.06. The molecule has 0 saturated heterocycles. The number of anilines is 2. The molecule has 0 unspecified atom stereocenters. The highest BCUT2D eigenvalue weighted by atomic mass is 16.6. The smallest absolute Gasteiger partial charge is 0.221 e. The van der Waals surface area contributed by atoms with Crippen molar-refractivity contribution < 1.29 is 9.37 Å². The Labute approximate surface area is 164 Å². The Balaban J connectivity index is 1.69. The average Bonchev–Trinajstić information content (AvgIpc) is 3.31. The molecule has 5 rings (SSSR count). The van der Waals surface area contributed by atoms with Crippen molar-refractivity contribution in [1.29, 1.82) is 0 Å². The van der Waals surface area contributed by atoms with E-state index in [-0.39, 0.29) is 5.82 Å². The van der Waals surface area contributed by atoms with Crippen LogP contribution in [0, 0.1) is 0 Å². The van der Waals surface area contributed by atoms with Gasteiger partial charge >= 0.3 is 0 Å². The highest BCUT2D eigenvalue weighted by Gasteiger charge is 2.21. The Bertz CT molecular complexity index is 1310. The van der Waals surface area contributed by atoms with Gasteiger partial charge in [0.1, 0.15) is 11.3 Å². The summed E-state index contributed by atoms with van der Waals surface area (Å²) in [5.41, 5.74) is 15.0. The monoisotopic (exact) mass is 385 g/mol. The molecular weight excluding hydrogens is 370 g/mol. The normalized spacial score (nSPS) is 11.0. The van der Waals surface area contributed by atoms with E-state index < -0.39 is 0 Å². The number of imidazole rings is 1. The van der Waals surface area contributed by atoms with Crippen LogP contribution in [0.2, 0.25) is 0 Å². The van der Waals surface area contributed by atoms with E-state index in [1.54, 1.807) is 24.4 Å². The molecule has 142 valence electrons. The summed E-state index contributed by atoms with van der Waals surface area (Å²) in [5.74, 6) is 1.64. The summed E-state index contributed by atoms with van der Waals surface area (Å²) >= 11 is 0. The minimum absolute atomic E-state index is 0.154. The first kappa shape index (κ1) is 16.8. The van der Waals surface area contributed by atoms with Crippen LogP contribution in [-0.2, 0) is 0 Å². The molecule has 0 aliphatic heterocycles. The third kappa shape index (κ3) is 3.00. The van der Waals surface area contributed by atoms with Crippen molar-refractivity contribution in [2.75, 3.05) is 11.5 Å². The largest absolute Gasteiger partial charge is 0.439 e. The molecule has 3 aromatic heterocycles. The van der Waals surface area contributed by atoms with Gasteiger partial charge in [0, 0.05) is 23.5 Å². The number of pyridine rings is 1. The number of nitrogens with two attached hydrogens (primary N) is 2. The molecule has 0 bridgehead atoms. The molecule has 9 nitrogen and oxygen atoms in total. The number of ether oxygens (including phenoxy) is 1. The molecule has 3 heterocycles. The molecule has 29 heavy (non-hydrogen) atoms. The first-order chi connectivity index (χ1) is 14.2. The average molecular weight is 385 g/mol. The number of rotatable bonds is 4. The Morgan fingerprint density at radius 2 is 1.79 bits per heavy atom. The summed E-state index contributed by atoms with van der Waals surface area (Å²) in [4.78, 5) is 8.99. The van der Waals surface area contributed by atoms with E-state index >= 15 is 0 Å². The van der Waals surface area contributed by atoms with Gasteiger partial charge in [-0.1, -0.05) is 24.3 Å². The van der Waals surface area contributed by atoms with Gasteiger partial charge < -0.3 is 16.2 Å². The zero-order valence-corrected chi connectivity index (χ0v) is 15.1. The van der Waals surface area contributed by atoms with E-state index in [2.05, 4.69) is 20.3 Å². The number of fused-ring (bicyclic) bond motifs is 1. The molecule has 0 spiro atoms. The van der Waals surface area contributed by atoms with Crippen molar-refractivity contribution in [3.8, 4) is 28.8 Å². The zero-order valence-electron chi connectivity index (χ0n) is 15.1. The Morgan fingerprint density at radius 1 is 0.931 bits per heavy atom. The third-order valence-corrected chi connectivity index (χ3v) is 4.34. The maximum Gasteiger partial charge on any atom is 0.221 e. The predicted octanol–water partition coefficient (Wildman–Crippen LogP) is 3.43. The third-order valence-electron chi connectivity index (χ3n) is 4.34. The quantitative estimate of drug-likeness (QED) is 0.450. The number of nitrogens with zero attached hydrogens (tertiary/aromatic N) is 5. The molecule has 2 aromatic carbocycles. The Hall–Kier alpha value is -4.40. The fourth-order valence-electron chi connectivity index (χ4n) is 3.06. The number of nitrogen functional groups attached to an aromatic ring is 2. The number of benzene rings is 2. The van der Waals surface area contributed by atoms with Crippen molar-refractivity contribution in [3.05, 3.63) is 66.9 Å². The number of hydrogen-bond acceptors (Lipinski definition) is 8. The Morgan fingerprint density at radius 3 is 2.55 bits per heavy atom. The van der Waals surface area contributed by atoms with Gasteiger partial charge in [-0.15, -0.1) is 0 Å².